The van der Waals surface area contributed by atoms with E-state index in [9.17, 15) is 9.90 Å². The average Bonchev–Trinajstić information content (AvgIpc) is 2.99. The minimum Gasteiger partial charge on any atom is -0.493 e. The summed E-state index contributed by atoms with van der Waals surface area (Å²) in [5.74, 6) is -0.492. The van der Waals surface area contributed by atoms with Crippen LogP contribution in [0.15, 0.2) is 48.7 Å². The van der Waals surface area contributed by atoms with Crippen molar-refractivity contribution in [1.29, 1.82) is 0 Å². The third-order valence-electron chi connectivity index (χ3n) is 3.48. The first-order valence-corrected chi connectivity index (χ1v) is 7.87. The van der Waals surface area contributed by atoms with Crippen LogP contribution in [0.25, 0.3) is 5.82 Å². The van der Waals surface area contributed by atoms with E-state index in [-0.39, 0.29) is 24.0 Å². The number of hydrogen-bond donors (Lipinski definition) is 3. The van der Waals surface area contributed by atoms with Crippen LogP contribution < -0.4 is 5.32 Å². The molecule has 0 saturated carbocycles. The van der Waals surface area contributed by atoms with Crippen molar-refractivity contribution in [1.82, 2.24) is 14.8 Å². The molecule has 1 amide bonds. The van der Waals surface area contributed by atoms with E-state index in [1.54, 1.807) is 24.3 Å². The van der Waals surface area contributed by atoms with Crippen LogP contribution in [0.5, 0.6) is 5.88 Å². The number of carbonyl (C=O) groups is 1. The van der Waals surface area contributed by atoms with Gasteiger partial charge in [0.15, 0.2) is 11.5 Å². The molecule has 0 fully saturated rings. The zero-order valence-corrected chi connectivity index (χ0v) is 13.8. The van der Waals surface area contributed by atoms with Gasteiger partial charge in [0, 0.05) is 24.6 Å². The van der Waals surface area contributed by atoms with Gasteiger partial charge in [-0.1, -0.05) is 23.7 Å². The highest BCUT2D eigenvalue weighted by Crippen LogP contribution is 2.23. The number of aromatic hydroxyl groups is 1. The highest BCUT2D eigenvalue weighted by Gasteiger charge is 2.17. The zero-order chi connectivity index (χ0) is 17.8. The Morgan fingerprint density at radius 2 is 2.00 bits per heavy atom. The second-order valence-electron chi connectivity index (χ2n) is 5.23. The SMILES string of the molecule is O=C(Nc1ccc(CCO)cc1)c1cc(O)n(-c2ncccc2Cl)n1. The van der Waals surface area contributed by atoms with Crippen LogP contribution in [0, 0.1) is 0 Å². The molecule has 3 N–H and O–H groups in total. The zero-order valence-electron chi connectivity index (χ0n) is 13.1. The maximum atomic E-state index is 12.3. The number of aliphatic hydroxyl groups is 1. The molecular formula is C17H15ClN4O3. The monoisotopic (exact) mass is 358 g/mol. The van der Waals surface area contributed by atoms with E-state index in [2.05, 4.69) is 15.4 Å². The van der Waals surface area contributed by atoms with Gasteiger partial charge in [-0.25, -0.2) is 4.98 Å². The number of aliphatic hydroxyl groups excluding tert-OH is 1. The van der Waals surface area contributed by atoms with Gasteiger partial charge in [0.2, 0.25) is 5.88 Å². The summed E-state index contributed by atoms with van der Waals surface area (Å²) < 4.78 is 1.10. The van der Waals surface area contributed by atoms with E-state index in [1.807, 2.05) is 12.1 Å². The quantitative estimate of drug-likeness (QED) is 0.650. The average molecular weight is 359 g/mol. The molecule has 0 aliphatic heterocycles. The fourth-order valence-electron chi connectivity index (χ4n) is 2.25. The Morgan fingerprint density at radius 3 is 2.68 bits per heavy atom. The minimum absolute atomic E-state index is 0.0265. The number of hydrogen-bond acceptors (Lipinski definition) is 5. The lowest BCUT2D eigenvalue weighted by atomic mass is 10.1. The van der Waals surface area contributed by atoms with Gasteiger partial charge in [-0.3, -0.25) is 4.79 Å². The number of carbonyl (C=O) groups excluding carboxylic acids is 1. The maximum absolute atomic E-state index is 12.3. The lowest BCUT2D eigenvalue weighted by Crippen LogP contribution is -2.13. The summed E-state index contributed by atoms with van der Waals surface area (Å²) in [5, 5.41) is 26.0. The van der Waals surface area contributed by atoms with E-state index >= 15 is 0 Å². The highest BCUT2D eigenvalue weighted by molar-refractivity contribution is 6.32. The molecule has 0 aliphatic carbocycles. The number of anilines is 1. The van der Waals surface area contributed by atoms with Crippen molar-refractivity contribution in [3.8, 4) is 11.7 Å². The van der Waals surface area contributed by atoms with Crippen LogP contribution >= 0.6 is 11.6 Å². The van der Waals surface area contributed by atoms with Crippen LogP contribution in [0.4, 0.5) is 5.69 Å². The lowest BCUT2D eigenvalue weighted by Gasteiger charge is -2.05. The molecule has 3 aromatic rings. The Labute approximate surface area is 148 Å². The van der Waals surface area contributed by atoms with Crippen molar-refractivity contribution in [2.75, 3.05) is 11.9 Å². The largest absolute Gasteiger partial charge is 0.493 e. The van der Waals surface area contributed by atoms with Gasteiger partial charge < -0.3 is 15.5 Å². The number of nitrogens with zero attached hydrogens (tertiary/aromatic N) is 3. The van der Waals surface area contributed by atoms with E-state index in [1.165, 1.54) is 12.3 Å². The molecule has 0 saturated heterocycles. The van der Waals surface area contributed by atoms with Crippen LogP contribution in [-0.2, 0) is 6.42 Å². The number of pyridine rings is 1. The van der Waals surface area contributed by atoms with Gasteiger partial charge in [0.05, 0.1) is 5.02 Å². The van der Waals surface area contributed by atoms with Crippen molar-refractivity contribution in [2.45, 2.75) is 6.42 Å². The third-order valence-corrected chi connectivity index (χ3v) is 3.77. The highest BCUT2D eigenvalue weighted by atomic mass is 35.5. The molecule has 7 nitrogen and oxygen atoms in total. The molecule has 2 aromatic heterocycles. The van der Waals surface area contributed by atoms with E-state index in [0.29, 0.717) is 17.1 Å². The van der Waals surface area contributed by atoms with Crippen molar-refractivity contribution in [3.63, 3.8) is 0 Å². The molecule has 0 radical (unpaired) electrons. The van der Waals surface area contributed by atoms with E-state index < -0.39 is 5.91 Å². The second-order valence-corrected chi connectivity index (χ2v) is 5.64. The number of rotatable bonds is 5. The fraction of sp³-hybridized carbons (Fsp3) is 0.118. The summed E-state index contributed by atoms with van der Waals surface area (Å²) in [4.78, 5) is 16.4. The number of amides is 1. The molecule has 3 rings (SSSR count). The van der Waals surface area contributed by atoms with Gasteiger partial charge in [0.25, 0.3) is 5.91 Å². The first kappa shape index (κ1) is 16.9. The standard InChI is InChI=1S/C17H15ClN4O3/c18-13-2-1-8-19-16(13)22-15(24)10-14(21-22)17(25)20-12-5-3-11(4-6-12)7-9-23/h1-6,8,10,23-24H,7,9H2,(H,20,25). The molecule has 1 aromatic carbocycles. The molecule has 0 aliphatic rings. The van der Waals surface area contributed by atoms with Gasteiger partial charge in [-0.2, -0.15) is 9.78 Å². The van der Waals surface area contributed by atoms with Crippen molar-refractivity contribution >= 4 is 23.2 Å². The summed E-state index contributed by atoms with van der Waals surface area (Å²) in [7, 11) is 0. The maximum Gasteiger partial charge on any atom is 0.276 e. The second kappa shape index (κ2) is 7.33. The molecule has 25 heavy (non-hydrogen) atoms. The number of benzene rings is 1. The molecule has 0 spiro atoms. The van der Waals surface area contributed by atoms with Gasteiger partial charge in [-0.05, 0) is 36.2 Å². The first-order valence-electron chi connectivity index (χ1n) is 7.49. The summed E-state index contributed by atoms with van der Waals surface area (Å²) in [6.07, 6.45) is 2.06. The van der Waals surface area contributed by atoms with Gasteiger partial charge >= 0.3 is 0 Å². The summed E-state index contributed by atoms with van der Waals surface area (Å²) in [6, 6.07) is 11.6. The van der Waals surface area contributed by atoms with Crippen LogP contribution in [0.1, 0.15) is 16.1 Å². The van der Waals surface area contributed by atoms with Crippen LogP contribution in [-0.4, -0.2) is 37.5 Å². The predicted octanol–water partition coefficient (Wildman–Crippen LogP) is 2.41. The molecule has 0 bridgehead atoms. The van der Waals surface area contributed by atoms with E-state index in [4.69, 9.17) is 16.7 Å². The van der Waals surface area contributed by atoms with E-state index in [0.717, 1.165) is 10.2 Å². The lowest BCUT2D eigenvalue weighted by molar-refractivity contribution is 0.102. The number of aromatic nitrogens is 3. The minimum atomic E-state index is -0.476. The molecular weight excluding hydrogens is 344 g/mol. The topological polar surface area (TPSA) is 100 Å². The van der Waals surface area contributed by atoms with Gasteiger partial charge in [-0.15, -0.1) is 0 Å². The first-order chi connectivity index (χ1) is 12.1. The van der Waals surface area contributed by atoms with Crippen molar-refractivity contribution < 1.29 is 15.0 Å². The molecule has 0 atom stereocenters. The Morgan fingerprint density at radius 1 is 1.24 bits per heavy atom. The van der Waals surface area contributed by atoms with Crippen LogP contribution in [0.3, 0.4) is 0 Å². The number of nitrogens with one attached hydrogen (secondary N) is 1. The number of halogens is 1. The van der Waals surface area contributed by atoms with Gasteiger partial charge in [0.1, 0.15) is 0 Å². The molecule has 2 heterocycles. The fourth-order valence-corrected chi connectivity index (χ4v) is 2.45. The van der Waals surface area contributed by atoms with Crippen LogP contribution in [0.2, 0.25) is 5.02 Å². The normalized spacial score (nSPS) is 10.6. The summed E-state index contributed by atoms with van der Waals surface area (Å²) >= 11 is 6.04. The Balaban J connectivity index is 1.79. The summed E-state index contributed by atoms with van der Waals surface area (Å²) in [6.45, 7) is 0.0680. The Hall–Kier alpha value is -2.90. The molecule has 0 unspecified atom stereocenters. The Bertz CT molecular complexity index is 893. The van der Waals surface area contributed by atoms with Crippen molar-refractivity contribution in [3.05, 3.63) is 64.9 Å². The van der Waals surface area contributed by atoms with Crippen molar-refractivity contribution in [2.24, 2.45) is 0 Å². The smallest absolute Gasteiger partial charge is 0.276 e. The third kappa shape index (κ3) is 3.78. The predicted molar refractivity (Wildman–Crippen MR) is 93.2 cm³/mol. The Kier molecular flexibility index (Phi) is 4.97. The summed E-state index contributed by atoms with van der Waals surface area (Å²) in [5.41, 5.74) is 1.57. The molecule has 128 valence electrons. The molecule has 8 heteroatoms.